The summed E-state index contributed by atoms with van der Waals surface area (Å²) in [6.07, 6.45) is 8.15. The second-order valence-corrected chi connectivity index (χ2v) is 8.76. The zero-order valence-electron chi connectivity index (χ0n) is 16.7. The summed E-state index contributed by atoms with van der Waals surface area (Å²) in [7, 11) is 1.70. The number of hydrogen-bond donors (Lipinski definition) is 0. The summed E-state index contributed by atoms with van der Waals surface area (Å²) < 4.78 is 10.4. The summed E-state index contributed by atoms with van der Waals surface area (Å²) in [5.41, 5.74) is 3.20. The van der Waals surface area contributed by atoms with Crippen LogP contribution < -0.4 is 4.74 Å². The van der Waals surface area contributed by atoms with Crippen LogP contribution in [0.25, 0.3) is 16.6 Å². The molecule has 2 unspecified atom stereocenters. The van der Waals surface area contributed by atoms with Gasteiger partial charge in [-0.1, -0.05) is 12.8 Å². The van der Waals surface area contributed by atoms with Gasteiger partial charge in [-0.2, -0.15) is 5.10 Å². The Morgan fingerprint density at radius 2 is 1.96 bits per heavy atom. The lowest BCUT2D eigenvalue weighted by Crippen LogP contribution is -2.47. The molecule has 3 aromatic rings. The summed E-state index contributed by atoms with van der Waals surface area (Å²) in [4.78, 5) is 2.63. The first kappa shape index (κ1) is 18.1. The molecule has 1 saturated carbocycles. The molecule has 2 atom stereocenters. The van der Waals surface area contributed by atoms with Crippen LogP contribution in [0.4, 0.5) is 0 Å². The van der Waals surface area contributed by atoms with Crippen LogP contribution in [0.1, 0.15) is 44.1 Å². The van der Waals surface area contributed by atoms with E-state index in [1.807, 2.05) is 10.7 Å². The van der Waals surface area contributed by atoms with E-state index < -0.39 is 0 Å². The maximum Gasteiger partial charge on any atom is 0.204 e. The summed E-state index contributed by atoms with van der Waals surface area (Å²) in [6.45, 7) is 4.09. The minimum Gasteiger partial charge on any atom is -0.497 e. The second kappa shape index (κ2) is 7.16. The Kier molecular flexibility index (Phi) is 4.63. The van der Waals surface area contributed by atoms with Gasteiger partial charge in [-0.15, -0.1) is 0 Å². The molecular weight excluding hydrogens is 368 g/mol. The van der Waals surface area contributed by atoms with Crippen molar-refractivity contribution in [3.63, 3.8) is 0 Å². The fourth-order valence-corrected chi connectivity index (χ4v) is 5.63. The molecule has 28 heavy (non-hydrogen) atoms. The van der Waals surface area contributed by atoms with Gasteiger partial charge in [-0.25, -0.2) is 4.68 Å². The van der Waals surface area contributed by atoms with E-state index >= 15 is 0 Å². The third-order valence-electron chi connectivity index (χ3n) is 6.75. The average Bonchev–Trinajstić information content (AvgIpc) is 3.03. The lowest BCUT2D eigenvalue weighted by atomic mass is 9.78. The molecule has 1 aromatic carbocycles. The highest BCUT2D eigenvalue weighted by molar-refractivity contribution is 7.71. The molecule has 2 fully saturated rings. The molecule has 5 rings (SSSR count). The first-order valence-electron chi connectivity index (χ1n) is 10.5. The van der Waals surface area contributed by atoms with Crippen molar-refractivity contribution in [1.82, 2.24) is 19.1 Å². The van der Waals surface area contributed by atoms with Crippen molar-refractivity contribution in [1.29, 1.82) is 0 Å². The van der Waals surface area contributed by atoms with Gasteiger partial charge in [0, 0.05) is 24.0 Å². The number of nitrogens with zero attached hydrogens (tertiary/aromatic N) is 4. The number of benzene rings is 1. The average molecular weight is 397 g/mol. The van der Waals surface area contributed by atoms with E-state index in [4.69, 9.17) is 22.1 Å². The molecule has 1 aliphatic heterocycles. The summed E-state index contributed by atoms with van der Waals surface area (Å²) in [6, 6.07) is 9.02. The van der Waals surface area contributed by atoms with Crippen LogP contribution in [0, 0.1) is 17.6 Å². The third-order valence-corrected chi connectivity index (χ3v) is 7.15. The summed E-state index contributed by atoms with van der Waals surface area (Å²) >= 11 is 5.89. The van der Waals surface area contributed by atoms with Crippen LogP contribution in [0.2, 0.25) is 0 Å². The SMILES string of the molecule is COc1ccc2c(C)cc3nn(CN4CCCC5CCCCC54)c(=S)n3c2c1. The number of ether oxygens (including phenoxy) is 1. The molecule has 1 aliphatic carbocycles. The largest absolute Gasteiger partial charge is 0.497 e. The fraction of sp³-hybridized carbons (Fsp3) is 0.545. The third kappa shape index (κ3) is 2.94. The highest BCUT2D eigenvalue weighted by Crippen LogP contribution is 2.35. The van der Waals surface area contributed by atoms with Crippen LogP contribution >= 0.6 is 12.2 Å². The monoisotopic (exact) mass is 396 g/mol. The molecule has 6 heteroatoms. The Balaban J connectivity index is 1.58. The van der Waals surface area contributed by atoms with E-state index in [-0.39, 0.29) is 0 Å². The molecule has 0 spiro atoms. The standard InChI is InChI=1S/C22H28N4OS/c1-15-12-21-23-25(14-24-11-5-7-16-6-3-4-8-19(16)24)22(28)26(21)20-13-17(27-2)9-10-18(15)20/h9-10,12-13,16,19H,3-8,11,14H2,1-2H3. The minimum absolute atomic E-state index is 0.702. The van der Waals surface area contributed by atoms with E-state index in [0.29, 0.717) is 6.04 Å². The molecule has 2 aliphatic rings. The summed E-state index contributed by atoms with van der Waals surface area (Å²) in [5.74, 6) is 1.70. The van der Waals surface area contributed by atoms with Crippen molar-refractivity contribution in [2.75, 3.05) is 13.7 Å². The van der Waals surface area contributed by atoms with Crippen molar-refractivity contribution in [2.45, 2.75) is 58.2 Å². The maximum atomic E-state index is 5.89. The van der Waals surface area contributed by atoms with Crippen LogP contribution in [0.3, 0.4) is 0 Å². The predicted octanol–water partition coefficient (Wildman–Crippen LogP) is 4.95. The molecule has 2 aromatic heterocycles. The minimum atomic E-state index is 0.702. The van der Waals surface area contributed by atoms with Gasteiger partial charge in [0.25, 0.3) is 0 Å². The topological polar surface area (TPSA) is 34.7 Å². The molecule has 1 saturated heterocycles. The number of likely N-dealkylation sites (tertiary alicyclic amines) is 1. The Morgan fingerprint density at radius 1 is 1.14 bits per heavy atom. The molecule has 0 N–H and O–H groups in total. The Hall–Kier alpha value is -1.92. The Labute approximate surface area is 170 Å². The number of piperidine rings is 1. The van der Waals surface area contributed by atoms with E-state index in [2.05, 4.69) is 34.4 Å². The van der Waals surface area contributed by atoms with Crippen LogP contribution in [0.15, 0.2) is 24.3 Å². The van der Waals surface area contributed by atoms with Crippen molar-refractivity contribution in [2.24, 2.45) is 5.92 Å². The molecule has 0 bridgehead atoms. The van der Waals surface area contributed by atoms with Gasteiger partial charge < -0.3 is 4.74 Å². The Bertz CT molecular complexity index is 1080. The smallest absolute Gasteiger partial charge is 0.204 e. The molecule has 3 heterocycles. The molecule has 0 radical (unpaired) electrons. The number of pyridine rings is 1. The lowest BCUT2D eigenvalue weighted by molar-refractivity contribution is 0.0325. The van der Waals surface area contributed by atoms with Crippen LogP contribution in [0.5, 0.6) is 5.75 Å². The number of fused-ring (bicyclic) bond motifs is 4. The van der Waals surface area contributed by atoms with Gasteiger partial charge in [0.05, 0.1) is 19.3 Å². The van der Waals surface area contributed by atoms with E-state index in [1.54, 1.807) is 7.11 Å². The van der Waals surface area contributed by atoms with Gasteiger partial charge in [0.15, 0.2) is 5.65 Å². The molecule has 148 valence electrons. The van der Waals surface area contributed by atoms with Crippen molar-refractivity contribution in [3.05, 3.63) is 34.6 Å². The predicted molar refractivity (Wildman–Crippen MR) is 114 cm³/mol. The van der Waals surface area contributed by atoms with E-state index in [0.717, 1.165) is 40.8 Å². The lowest BCUT2D eigenvalue weighted by Gasteiger charge is -2.43. The molecule has 0 amide bonds. The van der Waals surface area contributed by atoms with Crippen LogP contribution in [-0.2, 0) is 6.67 Å². The van der Waals surface area contributed by atoms with Gasteiger partial charge in [-0.3, -0.25) is 9.30 Å². The zero-order valence-corrected chi connectivity index (χ0v) is 17.5. The quantitative estimate of drug-likeness (QED) is 0.587. The first-order chi connectivity index (χ1) is 13.7. The van der Waals surface area contributed by atoms with Crippen molar-refractivity contribution < 1.29 is 4.74 Å². The van der Waals surface area contributed by atoms with Crippen LogP contribution in [-0.4, -0.2) is 38.8 Å². The number of hydrogen-bond acceptors (Lipinski definition) is 4. The summed E-state index contributed by atoms with van der Waals surface area (Å²) in [5, 5.41) is 6.09. The van der Waals surface area contributed by atoms with Crippen molar-refractivity contribution >= 4 is 28.8 Å². The number of aromatic nitrogens is 3. The normalized spacial score (nSPS) is 23.2. The van der Waals surface area contributed by atoms with Crippen molar-refractivity contribution in [3.8, 4) is 5.75 Å². The van der Waals surface area contributed by atoms with E-state index in [1.165, 1.54) is 49.5 Å². The first-order valence-corrected chi connectivity index (χ1v) is 10.9. The fourth-order valence-electron chi connectivity index (χ4n) is 5.34. The van der Waals surface area contributed by atoms with Gasteiger partial charge in [0.1, 0.15) is 5.75 Å². The number of methoxy groups -OCH3 is 1. The highest BCUT2D eigenvalue weighted by atomic mass is 32.1. The molecular formula is C22H28N4OS. The number of aryl methyl sites for hydroxylation is 1. The van der Waals surface area contributed by atoms with Gasteiger partial charge in [0.2, 0.25) is 4.77 Å². The second-order valence-electron chi connectivity index (χ2n) is 8.39. The zero-order chi connectivity index (χ0) is 19.3. The number of rotatable bonds is 3. The Morgan fingerprint density at radius 3 is 2.82 bits per heavy atom. The highest BCUT2D eigenvalue weighted by Gasteiger charge is 2.33. The molecule has 5 nitrogen and oxygen atoms in total. The van der Waals surface area contributed by atoms with Gasteiger partial charge >= 0.3 is 0 Å². The maximum absolute atomic E-state index is 5.89. The van der Waals surface area contributed by atoms with Gasteiger partial charge in [-0.05, 0) is 74.5 Å². The van der Waals surface area contributed by atoms with E-state index in [9.17, 15) is 0 Å².